The maximum Gasteiger partial charge on any atom is 0.0234 e. The molecule has 1 aliphatic rings. The van der Waals surface area contributed by atoms with E-state index in [9.17, 15) is 0 Å². The lowest BCUT2D eigenvalue weighted by Crippen LogP contribution is -2.35. The average molecular weight is 307 g/mol. The third-order valence-electron chi connectivity index (χ3n) is 4.16. The van der Waals surface area contributed by atoms with Gasteiger partial charge in [0, 0.05) is 37.2 Å². The van der Waals surface area contributed by atoms with Gasteiger partial charge in [0.05, 0.1) is 0 Å². The SMILES string of the molecule is CCCNCC(C)c1ccc(CN2CCSC(C)C2)cc1. The molecular formula is C18H30N2S. The Balaban J connectivity index is 1.83. The quantitative estimate of drug-likeness (QED) is 0.773. The van der Waals surface area contributed by atoms with Gasteiger partial charge in [-0.2, -0.15) is 11.8 Å². The molecule has 0 saturated carbocycles. The second-order valence-corrected chi connectivity index (χ2v) is 7.81. The van der Waals surface area contributed by atoms with Gasteiger partial charge in [0.15, 0.2) is 0 Å². The van der Waals surface area contributed by atoms with Crippen LogP contribution in [0.3, 0.4) is 0 Å². The van der Waals surface area contributed by atoms with Crippen molar-refractivity contribution < 1.29 is 0 Å². The second-order valence-electron chi connectivity index (χ2n) is 6.26. The summed E-state index contributed by atoms with van der Waals surface area (Å²) in [7, 11) is 0. The van der Waals surface area contributed by atoms with Crippen molar-refractivity contribution in [2.75, 3.05) is 31.9 Å². The van der Waals surface area contributed by atoms with E-state index in [0.29, 0.717) is 5.92 Å². The zero-order valence-electron chi connectivity index (χ0n) is 13.8. The minimum absolute atomic E-state index is 0.594. The predicted molar refractivity (Wildman–Crippen MR) is 95.2 cm³/mol. The zero-order valence-corrected chi connectivity index (χ0v) is 14.6. The molecule has 0 aromatic heterocycles. The third kappa shape index (κ3) is 5.65. The van der Waals surface area contributed by atoms with Crippen molar-refractivity contribution >= 4 is 11.8 Å². The average Bonchev–Trinajstić information content (AvgIpc) is 2.48. The number of nitrogens with one attached hydrogen (secondary N) is 1. The van der Waals surface area contributed by atoms with Gasteiger partial charge in [0.25, 0.3) is 0 Å². The van der Waals surface area contributed by atoms with E-state index in [2.05, 4.69) is 67.0 Å². The number of thioether (sulfide) groups is 1. The van der Waals surface area contributed by atoms with E-state index in [-0.39, 0.29) is 0 Å². The largest absolute Gasteiger partial charge is 0.316 e. The molecule has 1 N–H and O–H groups in total. The molecule has 0 aliphatic carbocycles. The van der Waals surface area contributed by atoms with Gasteiger partial charge in [-0.05, 0) is 30.0 Å². The first-order valence-electron chi connectivity index (χ1n) is 8.32. The van der Waals surface area contributed by atoms with Crippen LogP contribution in [-0.2, 0) is 6.54 Å². The van der Waals surface area contributed by atoms with Gasteiger partial charge in [-0.15, -0.1) is 0 Å². The van der Waals surface area contributed by atoms with Crippen LogP contribution in [0.15, 0.2) is 24.3 Å². The minimum Gasteiger partial charge on any atom is -0.316 e. The summed E-state index contributed by atoms with van der Waals surface area (Å²) in [6.45, 7) is 12.6. The highest BCUT2D eigenvalue weighted by Crippen LogP contribution is 2.20. The topological polar surface area (TPSA) is 15.3 Å². The highest BCUT2D eigenvalue weighted by atomic mass is 32.2. The van der Waals surface area contributed by atoms with E-state index in [0.717, 1.165) is 24.9 Å². The lowest BCUT2D eigenvalue weighted by atomic mass is 9.99. The molecule has 1 aromatic carbocycles. The Kier molecular flexibility index (Phi) is 7.08. The molecule has 0 spiro atoms. The van der Waals surface area contributed by atoms with Gasteiger partial charge >= 0.3 is 0 Å². The summed E-state index contributed by atoms with van der Waals surface area (Å²) >= 11 is 2.10. The highest BCUT2D eigenvalue weighted by molar-refractivity contribution is 7.99. The predicted octanol–water partition coefficient (Wildman–Crippen LogP) is 3.73. The molecule has 21 heavy (non-hydrogen) atoms. The molecule has 0 radical (unpaired) electrons. The van der Waals surface area contributed by atoms with Crippen LogP contribution < -0.4 is 5.32 Å². The summed E-state index contributed by atoms with van der Waals surface area (Å²) in [5, 5.41) is 4.29. The maximum absolute atomic E-state index is 3.51. The van der Waals surface area contributed by atoms with Crippen LogP contribution in [0, 0.1) is 0 Å². The fourth-order valence-corrected chi connectivity index (χ4v) is 3.94. The monoisotopic (exact) mass is 306 g/mol. The van der Waals surface area contributed by atoms with E-state index < -0.39 is 0 Å². The van der Waals surface area contributed by atoms with Gasteiger partial charge in [0.2, 0.25) is 0 Å². The van der Waals surface area contributed by atoms with Crippen LogP contribution in [0.2, 0.25) is 0 Å². The number of nitrogens with zero attached hydrogens (tertiary/aromatic N) is 1. The van der Waals surface area contributed by atoms with Crippen LogP contribution in [0.4, 0.5) is 0 Å². The molecule has 1 fully saturated rings. The minimum atomic E-state index is 0.594. The Morgan fingerprint density at radius 3 is 2.76 bits per heavy atom. The van der Waals surface area contributed by atoms with Crippen LogP contribution in [0.25, 0.3) is 0 Å². The van der Waals surface area contributed by atoms with E-state index in [1.807, 2.05) is 0 Å². The molecule has 1 heterocycles. The Morgan fingerprint density at radius 2 is 2.10 bits per heavy atom. The Hall–Kier alpha value is -0.510. The van der Waals surface area contributed by atoms with Gasteiger partial charge in [0.1, 0.15) is 0 Å². The van der Waals surface area contributed by atoms with Crippen LogP contribution in [-0.4, -0.2) is 42.1 Å². The number of hydrogen-bond donors (Lipinski definition) is 1. The van der Waals surface area contributed by atoms with Crippen molar-refractivity contribution in [1.82, 2.24) is 10.2 Å². The molecule has 1 aromatic rings. The fourth-order valence-electron chi connectivity index (χ4n) is 2.86. The standard InChI is InChI=1S/C18H30N2S/c1-4-9-19-12-15(2)18-7-5-17(6-8-18)14-20-10-11-21-16(3)13-20/h5-8,15-16,19H,4,9-14H2,1-3H3. The number of hydrogen-bond acceptors (Lipinski definition) is 3. The van der Waals surface area contributed by atoms with E-state index >= 15 is 0 Å². The molecule has 118 valence electrons. The number of rotatable bonds is 7. The Labute approximate surface area is 134 Å². The molecular weight excluding hydrogens is 276 g/mol. The maximum atomic E-state index is 3.51. The van der Waals surface area contributed by atoms with Crippen molar-refractivity contribution in [3.8, 4) is 0 Å². The number of benzene rings is 1. The van der Waals surface area contributed by atoms with Crippen molar-refractivity contribution in [2.45, 2.75) is 44.9 Å². The molecule has 2 atom stereocenters. The summed E-state index contributed by atoms with van der Waals surface area (Å²) < 4.78 is 0. The summed E-state index contributed by atoms with van der Waals surface area (Å²) in [6, 6.07) is 9.27. The zero-order chi connectivity index (χ0) is 15.1. The molecule has 2 nitrogen and oxygen atoms in total. The van der Waals surface area contributed by atoms with E-state index in [4.69, 9.17) is 0 Å². The normalized spacial score (nSPS) is 21.4. The lowest BCUT2D eigenvalue weighted by molar-refractivity contribution is 0.278. The van der Waals surface area contributed by atoms with E-state index in [1.165, 1.54) is 36.4 Å². The molecule has 0 bridgehead atoms. The molecule has 3 heteroatoms. The Morgan fingerprint density at radius 1 is 1.33 bits per heavy atom. The second kappa shape index (κ2) is 8.82. The Bertz CT molecular complexity index is 404. The van der Waals surface area contributed by atoms with Gasteiger partial charge in [-0.25, -0.2) is 0 Å². The summed E-state index contributed by atoms with van der Waals surface area (Å²) in [5.41, 5.74) is 2.90. The molecule has 1 saturated heterocycles. The van der Waals surface area contributed by atoms with E-state index in [1.54, 1.807) is 0 Å². The van der Waals surface area contributed by atoms with Crippen molar-refractivity contribution in [3.63, 3.8) is 0 Å². The fraction of sp³-hybridized carbons (Fsp3) is 0.667. The smallest absolute Gasteiger partial charge is 0.0234 e. The van der Waals surface area contributed by atoms with Crippen LogP contribution >= 0.6 is 11.8 Å². The van der Waals surface area contributed by atoms with Gasteiger partial charge < -0.3 is 5.32 Å². The lowest BCUT2D eigenvalue weighted by Gasteiger charge is -2.30. The van der Waals surface area contributed by atoms with Crippen LogP contribution in [0.5, 0.6) is 0 Å². The summed E-state index contributed by atoms with van der Waals surface area (Å²) in [5.74, 6) is 1.87. The first kappa shape index (κ1) is 16.9. The third-order valence-corrected chi connectivity index (χ3v) is 5.29. The summed E-state index contributed by atoms with van der Waals surface area (Å²) in [6.07, 6.45) is 1.21. The first-order chi connectivity index (χ1) is 10.2. The molecule has 1 aliphatic heterocycles. The van der Waals surface area contributed by atoms with Crippen molar-refractivity contribution in [1.29, 1.82) is 0 Å². The summed E-state index contributed by atoms with van der Waals surface area (Å²) in [4.78, 5) is 2.59. The molecule has 2 unspecified atom stereocenters. The van der Waals surface area contributed by atoms with Crippen molar-refractivity contribution in [3.05, 3.63) is 35.4 Å². The molecule has 0 amide bonds. The highest BCUT2D eigenvalue weighted by Gasteiger charge is 2.16. The van der Waals surface area contributed by atoms with Gasteiger partial charge in [-0.1, -0.05) is 45.0 Å². The molecule has 2 rings (SSSR count). The first-order valence-corrected chi connectivity index (χ1v) is 9.37. The van der Waals surface area contributed by atoms with Crippen LogP contribution in [0.1, 0.15) is 44.2 Å². The van der Waals surface area contributed by atoms with Gasteiger partial charge in [-0.3, -0.25) is 4.90 Å². The van der Waals surface area contributed by atoms with Crippen molar-refractivity contribution in [2.24, 2.45) is 0 Å².